The number of hydrogen-bond donors (Lipinski definition) is 1. The van der Waals surface area contributed by atoms with E-state index in [1.165, 1.54) is 5.56 Å². The monoisotopic (exact) mass is 456 g/mol. The first-order chi connectivity index (χ1) is 15.4. The Morgan fingerprint density at radius 3 is 2.41 bits per heavy atom. The molecule has 0 aromatic heterocycles. The maximum absolute atomic E-state index is 13.1. The fraction of sp³-hybridized carbons (Fsp3) is 0.462. The van der Waals surface area contributed by atoms with Gasteiger partial charge >= 0.3 is 0 Å². The molecule has 1 aliphatic rings. The zero-order valence-corrected chi connectivity index (χ0v) is 19.7. The van der Waals surface area contributed by atoms with Gasteiger partial charge in [-0.15, -0.1) is 0 Å². The summed E-state index contributed by atoms with van der Waals surface area (Å²) in [6.07, 6.45) is 5.22. The predicted molar refractivity (Wildman–Crippen MR) is 128 cm³/mol. The zero-order valence-electron chi connectivity index (χ0n) is 19.0. The lowest BCUT2D eigenvalue weighted by Crippen LogP contribution is -2.49. The summed E-state index contributed by atoms with van der Waals surface area (Å²) in [4.78, 5) is 27.7. The summed E-state index contributed by atoms with van der Waals surface area (Å²) in [5, 5.41) is 3.77. The van der Waals surface area contributed by atoms with Crippen molar-refractivity contribution in [1.82, 2.24) is 10.2 Å². The number of ether oxygens (including phenoxy) is 1. The van der Waals surface area contributed by atoms with Gasteiger partial charge in [-0.3, -0.25) is 9.59 Å². The second kappa shape index (κ2) is 11.9. The van der Waals surface area contributed by atoms with E-state index in [1.807, 2.05) is 43.3 Å². The van der Waals surface area contributed by atoms with Crippen LogP contribution in [0.2, 0.25) is 5.02 Å². The van der Waals surface area contributed by atoms with E-state index in [1.54, 1.807) is 24.0 Å². The Morgan fingerprint density at radius 2 is 1.75 bits per heavy atom. The molecule has 0 bridgehead atoms. The van der Waals surface area contributed by atoms with Gasteiger partial charge in [-0.05, 0) is 62.9 Å². The third kappa shape index (κ3) is 7.27. The molecule has 6 heteroatoms. The van der Waals surface area contributed by atoms with Crippen LogP contribution in [0.3, 0.4) is 0 Å². The summed E-state index contributed by atoms with van der Waals surface area (Å²) in [5.74, 6) is 0.655. The van der Waals surface area contributed by atoms with Gasteiger partial charge in [0.1, 0.15) is 11.8 Å². The van der Waals surface area contributed by atoms with Gasteiger partial charge < -0.3 is 15.0 Å². The van der Waals surface area contributed by atoms with Crippen molar-refractivity contribution in [3.63, 3.8) is 0 Å². The Kier molecular flexibility index (Phi) is 8.98. The lowest BCUT2D eigenvalue weighted by Gasteiger charge is -2.30. The lowest BCUT2D eigenvalue weighted by molar-refractivity contribution is -0.141. The van der Waals surface area contributed by atoms with Crippen LogP contribution in [0.15, 0.2) is 48.5 Å². The van der Waals surface area contributed by atoms with Gasteiger partial charge in [0.25, 0.3) is 0 Å². The van der Waals surface area contributed by atoms with Crippen molar-refractivity contribution in [3.8, 4) is 5.75 Å². The fourth-order valence-corrected chi connectivity index (χ4v) is 4.08. The highest BCUT2D eigenvalue weighted by molar-refractivity contribution is 6.30. The third-order valence-corrected chi connectivity index (χ3v) is 6.21. The van der Waals surface area contributed by atoms with Gasteiger partial charge in [0.2, 0.25) is 11.8 Å². The van der Waals surface area contributed by atoms with E-state index >= 15 is 0 Å². The molecule has 172 valence electrons. The largest absolute Gasteiger partial charge is 0.494 e. The molecule has 0 spiro atoms. The molecule has 0 unspecified atom stereocenters. The maximum atomic E-state index is 13.1. The minimum absolute atomic E-state index is 0.0541. The summed E-state index contributed by atoms with van der Waals surface area (Å²) in [5.41, 5.74) is 2.12. The normalized spacial score (nSPS) is 14.7. The number of rotatable bonds is 10. The molecular formula is C26H33ClN2O3. The van der Waals surface area contributed by atoms with Crippen LogP contribution in [0.5, 0.6) is 5.75 Å². The number of nitrogens with zero attached hydrogens (tertiary/aromatic N) is 1. The number of hydrogen-bond acceptors (Lipinski definition) is 3. The summed E-state index contributed by atoms with van der Waals surface area (Å²) < 4.78 is 5.75. The second-order valence-corrected chi connectivity index (χ2v) is 9.02. The number of aryl methyl sites for hydroxylation is 1. The van der Waals surface area contributed by atoms with Crippen molar-refractivity contribution in [1.29, 1.82) is 0 Å². The van der Waals surface area contributed by atoms with Gasteiger partial charge in [0, 0.05) is 24.0 Å². The number of benzene rings is 2. The Hall–Kier alpha value is -2.53. The average Bonchev–Trinajstić information content (AvgIpc) is 3.30. The number of amides is 2. The van der Waals surface area contributed by atoms with Crippen molar-refractivity contribution in [2.75, 3.05) is 6.61 Å². The van der Waals surface area contributed by atoms with Crippen molar-refractivity contribution >= 4 is 23.4 Å². The van der Waals surface area contributed by atoms with Crippen LogP contribution in [-0.2, 0) is 16.1 Å². The molecule has 1 fully saturated rings. The Labute approximate surface area is 196 Å². The van der Waals surface area contributed by atoms with Gasteiger partial charge in [-0.25, -0.2) is 0 Å². The van der Waals surface area contributed by atoms with Crippen molar-refractivity contribution < 1.29 is 14.3 Å². The molecule has 0 heterocycles. The van der Waals surface area contributed by atoms with Gasteiger partial charge in [-0.2, -0.15) is 0 Å². The molecule has 1 saturated carbocycles. The van der Waals surface area contributed by atoms with Gasteiger partial charge in [-0.1, -0.05) is 54.3 Å². The molecule has 2 aromatic carbocycles. The number of halogens is 1. The first-order valence-corrected chi connectivity index (χ1v) is 11.8. The van der Waals surface area contributed by atoms with Crippen LogP contribution in [0.4, 0.5) is 0 Å². The zero-order chi connectivity index (χ0) is 22.9. The molecule has 1 atom stereocenters. The Morgan fingerprint density at radius 1 is 1.09 bits per heavy atom. The smallest absolute Gasteiger partial charge is 0.242 e. The van der Waals surface area contributed by atoms with Crippen LogP contribution < -0.4 is 10.1 Å². The van der Waals surface area contributed by atoms with E-state index in [2.05, 4.69) is 5.32 Å². The van der Waals surface area contributed by atoms with Crippen LogP contribution in [0.25, 0.3) is 0 Å². The first kappa shape index (κ1) is 24.1. The van der Waals surface area contributed by atoms with E-state index in [4.69, 9.17) is 16.3 Å². The molecule has 3 rings (SSSR count). The minimum Gasteiger partial charge on any atom is -0.494 e. The third-order valence-electron chi connectivity index (χ3n) is 5.96. The van der Waals surface area contributed by atoms with Gasteiger partial charge in [0.15, 0.2) is 0 Å². The molecule has 0 aliphatic heterocycles. The lowest BCUT2D eigenvalue weighted by atomic mass is 10.1. The first-order valence-electron chi connectivity index (χ1n) is 11.5. The Balaban J connectivity index is 1.59. The van der Waals surface area contributed by atoms with Crippen LogP contribution >= 0.6 is 11.6 Å². The van der Waals surface area contributed by atoms with Crippen molar-refractivity contribution in [2.24, 2.45) is 0 Å². The van der Waals surface area contributed by atoms with Crippen LogP contribution in [-0.4, -0.2) is 35.4 Å². The molecule has 0 saturated heterocycles. The quantitative estimate of drug-likeness (QED) is 0.494. The van der Waals surface area contributed by atoms with E-state index < -0.39 is 6.04 Å². The highest BCUT2D eigenvalue weighted by Gasteiger charge is 2.28. The summed E-state index contributed by atoms with van der Waals surface area (Å²) in [7, 11) is 0. The maximum Gasteiger partial charge on any atom is 0.242 e. The van der Waals surface area contributed by atoms with Crippen molar-refractivity contribution in [3.05, 3.63) is 64.7 Å². The molecule has 1 aliphatic carbocycles. The van der Waals surface area contributed by atoms with E-state index in [0.717, 1.165) is 37.0 Å². The summed E-state index contributed by atoms with van der Waals surface area (Å²) >= 11 is 6.00. The topological polar surface area (TPSA) is 58.6 Å². The molecular weight excluding hydrogens is 424 g/mol. The van der Waals surface area contributed by atoms with Crippen molar-refractivity contribution in [2.45, 2.75) is 71.0 Å². The standard InChI is InChI=1S/C26H33ClN2O3/c1-19-9-15-24(16-10-19)32-17-5-8-25(30)29(18-21-11-13-22(27)14-12-21)20(2)26(31)28-23-6-3-4-7-23/h9-16,20,23H,3-8,17-18H2,1-2H3,(H,28,31)/t20-/m1/s1. The van der Waals surface area contributed by atoms with E-state index in [0.29, 0.717) is 31.0 Å². The highest BCUT2D eigenvalue weighted by Crippen LogP contribution is 2.19. The Bertz CT molecular complexity index is 877. The fourth-order valence-electron chi connectivity index (χ4n) is 3.95. The van der Waals surface area contributed by atoms with Crippen LogP contribution in [0.1, 0.15) is 56.6 Å². The highest BCUT2D eigenvalue weighted by atomic mass is 35.5. The number of carbonyl (C=O) groups excluding carboxylic acids is 2. The molecule has 32 heavy (non-hydrogen) atoms. The van der Waals surface area contributed by atoms with E-state index in [9.17, 15) is 9.59 Å². The second-order valence-electron chi connectivity index (χ2n) is 8.58. The van der Waals surface area contributed by atoms with E-state index in [-0.39, 0.29) is 17.9 Å². The molecule has 2 aromatic rings. The predicted octanol–water partition coefficient (Wildman–Crippen LogP) is 5.28. The average molecular weight is 457 g/mol. The van der Waals surface area contributed by atoms with Gasteiger partial charge in [0.05, 0.1) is 6.61 Å². The molecule has 1 N–H and O–H groups in total. The number of nitrogens with one attached hydrogen (secondary N) is 1. The molecule has 2 amide bonds. The summed E-state index contributed by atoms with van der Waals surface area (Å²) in [6.45, 7) is 4.66. The van der Waals surface area contributed by atoms with Crippen LogP contribution in [0, 0.1) is 6.92 Å². The minimum atomic E-state index is -0.545. The number of carbonyl (C=O) groups is 2. The molecule has 0 radical (unpaired) electrons. The summed E-state index contributed by atoms with van der Waals surface area (Å²) in [6, 6.07) is 14.9. The molecule has 5 nitrogen and oxygen atoms in total. The SMILES string of the molecule is Cc1ccc(OCCCC(=O)N(Cc2ccc(Cl)cc2)[C@H](C)C(=O)NC2CCCC2)cc1.